The third kappa shape index (κ3) is 8.18. The summed E-state index contributed by atoms with van der Waals surface area (Å²) in [5.41, 5.74) is 3.30. The molecule has 5 rings (SSSR count). The first kappa shape index (κ1) is 33.7. The number of aliphatic hydroxyl groups excluding tert-OH is 2. The average Bonchev–Trinajstić information content (AvgIpc) is 3.08. The molecule has 4 aromatic carbocycles. The number of esters is 1. The normalized spacial score (nSPS) is 16.9. The van der Waals surface area contributed by atoms with Crippen molar-refractivity contribution in [3.8, 4) is 5.75 Å². The maximum atomic E-state index is 14.1. The van der Waals surface area contributed by atoms with Crippen LogP contribution in [0.2, 0.25) is 5.02 Å². The Bertz CT molecular complexity index is 1680. The van der Waals surface area contributed by atoms with Gasteiger partial charge in [-0.2, -0.15) is 0 Å². The number of fused-ring (bicyclic) bond motifs is 1. The smallest absolute Gasteiger partial charge is 0.344 e. The Morgan fingerprint density at radius 1 is 0.936 bits per heavy atom. The summed E-state index contributed by atoms with van der Waals surface area (Å²) in [5.74, 6) is -1.52. The summed E-state index contributed by atoms with van der Waals surface area (Å²) in [4.78, 5) is 41.6. The molecule has 0 bridgehead atoms. The van der Waals surface area contributed by atoms with Crippen LogP contribution in [0, 0.1) is 0 Å². The van der Waals surface area contributed by atoms with Crippen molar-refractivity contribution < 1.29 is 34.1 Å². The number of amides is 2. The summed E-state index contributed by atoms with van der Waals surface area (Å²) >= 11 is 6.17. The molecule has 2 amide bonds. The number of ether oxygens (including phenoxy) is 2. The third-order valence-corrected chi connectivity index (χ3v) is 8.43. The molecule has 0 saturated carbocycles. The van der Waals surface area contributed by atoms with Crippen LogP contribution in [0.25, 0.3) is 0 Å². The van der Waals surface area contributed by atoms with E-state index in [4.69, 9.17) is 21.1 Å². The zero-order valence-electron chi connectivity index (χ0n) is 25.9. The predicted molar refractivity (Wildman–Crippen MR) is 177 cm³/mol. The van der Waals surface area contributed by atoms with Crippen LogP contribution in [0.1, 0.15) is 51.5 Å². The maximum absolute atomic E-state index is 14.1. The number of aliphatic hydroxyl groups is 2. The van der Waals surface area contributed by atoms with Crippen LogP contribution in [0.5, 0.6) is 5.75 Å². The van der Waals surface area contributed by atoms with Crippen molar-refractivity contribution in [3.05, 3.63) is 136 Å². The summed E-state index contributed by atoms with van der Waals surface area (Å²) in [7, 11) is 0. The molecular formula is C37H37ClN2O7. The van der Waals surface area contributed by atoms with E-state index in [9.17, 15) is 24.6 Å². The van der Waals surface area contributed by atoms with Gasteiger partial charge in [-0.15, -0.1) is 0 Å². The first-order chi connectivity index (χ1) is 22.8. The lowest BCUT2D eigenvalue weighted by Crippen LogP contribution is -2.55. The first-order valence-electron chi connectivity index (χ1n) is 15.4. The van der Waals surface area contributed by atoms with Gasteiger partial charge in [0.2, 0.25) is 5.91 Å². The number of rotatable bonds is 13. The molecule has 0 unspecified atom stereocenters. The molecule has 1 heterocycles. The largest absolute Gasteiger partial charge is 0.482 e. The van der Waals surface area contributed by atoms with Crippen LogP contribution >= 0.6 is 11.6 Å². The Hall–Kier alpha value is -4.70. The van der Waals surface area contributed by atoms with Gasteiger partial charge in [0.05, 0.1) is 30.7 Å². The van der Waals surface area contributed by atoms with Gasteiger partial charge in [0.1, 0.15) is 12.4 Å². The summed E-state index contributed by atoms with van der Waals surface area (Å²) in [5, 5.41) is 24.4. The lowest BCUT2D eigenvalue weighted by molar-refractivity contribution is -0.147. The van der Waals surface area contributed by atoms with Gasteiger partial charge < -0.3 is 29.9 Å². The minimum Gasteiger partial charge on any atom is -0.482 e. The summed E-state index contributed by atoms with van der Waals surface area (Å²) < 4.78 is 10.9. The van der Waals surface area contributed by atoms with E-state index >= 15 is 0 Å². The Kier molecular flexibility index (Phi) is 11.3. The van der Waals surface area contributed by atoms with Gasteiger partial charge in [-0.1, -0.05) is 84.4 Å². The number of hydrogen-bond acceptors (Lipinski definition) is 7. The molecule has 0 aromatic heterocycles. The second kappa shape index (κ2) is 15.7. The van der Waals surface area contributed by atoms with E-state index < -0.39 is 36.7 Å². The average molecular weight is 657 g/mol. The Labute approximate surface area is 278 Å². The highest BCUT2D eigenvalue weighted by Crippen LogP contribution is 2.44. The van der Waals surface area contributed by atoms with E-state index in [2.05, 4.69) is 5.32 Å². The standard InChI is InChI=1S/C37H37ClN2O7/c1-24(42)32(21-41)40-35(27-14-16-28(38)17-15-27)34(30-12-5-6-13-31(30)37(40)45)36(44)39-19-18-25-10-7-11-29(20-25)46-23-33(43)47-22-26-8-3-2-4-9-26/h2-17,20,24,32,34-35,41-42H,18-19,21-23H2,1H3,(H,39,44)/t24-,32-,34+,35-/m0/s1. The fourth-order valence-corrected chi connectivity index (χ4v) is 5.97. The van der Waals surface area contributed by atoms with Crippen LogP contribution in [-0.4, -0.2) is 64.8 Å². The second-order valence-electron chi connectivity index (χ2n) is 11.4. The number of benzene rings is 4. The van der Waals surface area contributed by atoms with Crippen LogP contribution in [0.3, 0.4) is 0 Å². The van der Waals surface area contributed by atoms with Gasteiger partial charge in [-0.05, 0) is 65.9 Å². The first-order valence-corrected chi connectivity index (χ1v) is 15.8. The fraction of sp³-hybridized carbons (Fsp3) is 0.270. The van der Waals surface area contributed by atoms with Gasteiger partial charge in [0.15, 0.2) is 6.61 Å². The number of nitrogens with one attached hydrogen (secondary N) is 1. The molecule has 1 aliphatic rings. The number of carbonyl (C=O) groups is 3. The van der Waals surface area contributed by atoms with Crippen molar-refractivity contribution in [1.29, 1.82) is 0 Å². The molecule has 0 aliphatic carbocycles. The van der Waals surface area contributed by atoms with Gasteiger partial charge >= 0.3 is 5.97 Å². The van der Waals surface area contributed by atoms with Crippen LogP contribution in [0.15, 0.2) is 103 Å². The van der Waals surface area contributed by atoms with Crippen molar-refractivity contribution in [2.45, 2.75) is 44.1 Å². The number of nitrogens with zero attached hydrogens (tertiary/aromatic N) is 1. The maximum Gasteiger partial charge on any atom is 0.344 e. The summed E-state index contributed by atoms with van der Waals surface area (Å²) in [6.45, 7) is 1.22. The number of hydrogen-bond donors (Lipinski definition) is 3. The van der Waals surface area contributed by atoms with Crippen LogP contribution < -0.4 is 10.1 Å². The lowest BCUT2D eigenvalue weighted by Gasteiger charge is -2.46. The Balaban J connectivity index is 1.29. The van der Waals surface area contributed by atoms with Gasteiger partial charge in [-0.3, -0.25) is 9.59 Å². The highest BCUT2D eigenvalue weighted by atomic mass is 35.5. The highest BCUT2D eigenvalue weighted by molar-refractivity contribution is 6.30. The van der Waals surface area contributed by atoms with Crippen LogP contribution in [-0.2, 0) is 27.4 Å². The quantitative estimate of drug-likeness (QED) is 0.176. The topological polar surface area (TPSA) is 125 Å². The van der Waals surface area contributed by atoms with Crippen LogP contribution in [0.4, 0.5) is 0 Å². The minimum atomic E-state index is -1.06. The molecule has 244 valence electrons. The summed E-state index contributed by atoms with van der Waals surface area (Å²) in [6.07, 6.45) is -0.593. The molecule has 4 atom stereocenters. The van der Waals surface area contributed by atoms with E-state index in [1.54, 1.807) is 60.7 Å². The van der Waals surface area contributed by atoms with Crippen molar-refractivity contribution >= 4 is 29.4 Å². The third-order valence-electron chi connectivity index (χ3n) is 8.18. The van der Waals surface area contributed by atoms with Crippen molar-refractivity contribution in [2.75, 3.05) is 19.8 Å². The second-order valence-corrected chi connectivity index (χ2v) is 11.8. The molecule has 9 nitrogen and oxygen atoms in total. The van der Waals surface area contributed by atoms with Gasteiger partial charge in [-0.25, -0.2) is 4.79 Å². The van der Waals surface area contributed by atoms with Crippen molar-refractivity contribution in [1.82, 2.24) is 10.2 Å². The van der Waals surface area contributed by atoms with E-state index in [0.717, 1.165) is 11.1 Å². The molecule has 0 radical (unpaired) electrons. The molecule has 47 heavy (non-hydrogen) atoms. The molecule has 10 heteroatoms. The zero-order chi connectivity index (χ0) is 33.3. The Morgan fingerprint density at radius 2 is 1.64 bits per heavy atom. The summed E-state index contributed by atoms with van der Waals surface area (Å²) in [6, 6.07) is 28.7. The molecule has 1 aliphatic heterocycles. The zero-order valence-corrected chi connectivity index (χ0v) is 26.7. The van der Waals surface area contributed by atoms with E-state index in [1.807, 2.05) is 42.5 Å². The monoisotopic (exact) mass is 656 g/mol. The van der Waals surface area contributed by atoms with E-state index in [0.29, 0.717) is 33.9 Å². The lowest BCUT2D eigenvalue weighted by atomic mass is 9.78. The van der Waals surface area contributed by atoms with Gasteiger partial charge in [0.25, 0.3) is 5.91 Å². The van der Waals surface area contributed by atoms with Crippen molar-refractivity contribution in [2.24, 2.45) is 0 Å². The molecule has 4 aromatic rings. The molecule has 0 fully saturated rings. The predicted octanol–water partition coefficient (Wildman–Crippen LogP) is 4.84. The highest BCUT2D eigenvalue weighted by Gasteiger charge is 2.47. The SMILES string of the molecule is C[C@H](O)[C@H](CO)N1C(=O)c2ccccc2[C@@H](C(=O)NCCc2cccc(OCC(=O)OCc3ccccc3)c2)[C@@H]1c1ccc(Cl)cc1. The number of halogens is 1. The van der Waals surface area contributed by atoms with Gasteiger partial charge in [0, 0.05) is 17.1 Å². The molecule has 0 saturated heterocycles. The van der Waals surface area contributed by atoms with E-state index in [1.165, 1.54) is 11.8 Å². The molecular weight excluding hydrogens is 620 g/mol. The van der Waals surface area contributed by atoms with E-state index in [-0.39, 0.29) is 31.6 Å². The molecule has 3 N–H and O–H groups in total. The number of carbonyl (C=O) groups excluding carboxylic acids is 3. The minimum absolute atomic E-state index is 0.165. The fourth-order valence-electron chi connectivity index (χ4n) is 5.84. The Morgan fingerprint density at radius 3 is 2.36 bits per heavy atom. The van der Waals surface area contributed by atoms with Crippen molar-refractivity contribution in [3.63, 3.8) is 0 Å². The molecule has 0 spiro atoms.